The van der Waals surface area contributed by atoms with Crippen molar-refractivity contribution in [2.75, 3.05) is 13.7 Å². The number of carbonyl (C=O) groups is 1. The summed E-state index contributed by atoms with van der Waals surface area (Å²) in [5.74, 6) is 1.35. The summed E-state index contributed by atoms with van der Waals surface area (Å²) in [5, 5.41) is 6.22. The van der Waals surface area contributed by atoms with Gasteiger partial charge in [-0.2, -0.15) is 0 Å². The molecule has 3 heterocycles. The lowest BCUT2D eigenvalue weighted by Crippen LogP contribution is -2.29. The third kappa shape index (κ3) is 7.15. The number of hydrogen-bond acceptors (Lipinski definition) is 5. The van der Waals surface area contributed by atoms with Gasteiger partial charge in [0.05, 0.1) is 24.1 Å². The van der Waals surface area contributed by atoms with Crippen molar-refractivity contribution in [2.45, 2.75) is 66.3 Å². The molecule has 0 aliphatic heterocycles. The van der Waals surface area contributed by atoms with Crippen LogP contribution in [0.5, 0.6) is 5.75 Å². The number of nitrogens with one attached hydrogen (secondary N) is 1. The van der Waals surface area contributed by atoms with E-state index in [1.54, 1.807) is 18.4 Å². The number of aromatic nitrogens is 3. The van der Waals surface area contributed by atoms with Gasteiger partial charge in [0.15, 0.2) is 0 Å². The highest BCUT2D eigenvalue weighted by Crippen LogP contribution is 2.32. The van der Waals surface area contributed by atoms with Crippen LogP contribution in [0.2, 0.25) is 0 Å². The van der Waals surface area contributed by atoms with E-state index in [1.165, 1.54) is 18.4 Å². The molecule has 206 valence electrons. The number of thiazole rings is 1. The Morgan fingerprint density at radius 3 is 2.59 bits per heavy atom. The fourth-order valence-corrected chi connectivity index (χ4v) is 5.61. The molecule has 0 spiro atoms. The van der Waals surface area contributed by atoms with Gasteiger partial charge in [-0.3, -0.25) is 9.78 Å². The largest absolute Gasteiger partial charge is 0.497 e. The third-order valence-corrected chi connectivity index (χ3v) is 8.31. The van der Waals surface area contributed by atoms with Crippen molar-refractivity contribution in [1.82, 2.24) is 19.9 Å². The fraction of sp³-hybridized carbons (Fsp3) is 0.406. The summed E-state index contributed by atoms with van der Waals surface area (Å²) in [4.78, 5) is 22.8. The van der Waals surface area contributed by atoms with Crippen LogP contribution in [0, 0.1) is 19.8 Å². The molecule has 1 unspecified atom stereocenters. The number of aryl methyl sites for hydroxylation is 2. The number of ether oxygens (including phenoxy) is 1. The molecule has 4 rings (SSSR count). The van der Waals surface area contributed by atoms with Crippen molar-refractivity contribution < 1.29 is 9.53 Å². The molecule has 1 amide bonds. The van der Waals surface area contributed by atoms with Crippen molar-refractivity contribution in [1.29, 1.82) is 0 Å². The predicted octanol–water partition coefficient (Wildman–Crippen LogP) is 7.49. The van der Waals surface area contributed by atoms with Gasteiger partial charge < -0.3 is 14.6 Å². The molecule has 7 heteroatoms. The highest BCUT2D eigenvalue weighted by Gasteiger charge is 2.21. The second-order valence-electron chi connectivity index (χ2n) is 10.1. The summed E-state index contributed by atoms with van der Waals surface area (Å²) in [5.41, 5.74) is 6.72. The standard InChI is InChI=1S/C32H40N4O2S/c1-6-8-9-24(7-2)19-34-31(37)28-18-30(29-21-39-32(35-29)26-13-10-22(3)33-20-26)36(23(28)4)17-16-25-11-14-27(38-5)15-12-25/h10-15,18,20-21,24H,6-9,16-17,19H2,1-5H3,(H,34,37). The molecule has 0 aliphatic rings. The number of unbranched alkanes of at least 4 members (excludes halogenated alkanes) is 1. The second-order valence-corrected chi connectivity index (χ2v) is 11.0. The van der Waals surface area contributed by atoms with Crippen LogP contribution in [0.4, 0.5) is 0 Å². The molecular formula is C32H40N4O2S. The average molecular weight is 545 g/mol. The Balaban J connectivity index is 1.61. The molecule has 0 saturated carbocycles. The van der Waals surface area contributed by atoms with Crippen molar-refractivity contribution in [3.05, 3.63) is 76.6 Å². The van der Waals surface area contributed by atoms with Gasteiger partial charge in [-0.25, -0.2) is 4.98 Å². The summed E-state index contributed by atoms with van der Waals surface area (Å²) in [7, 11) is 1.68. The van der Waals surface area contributed by atoms with Gasteiger partial charge in [0.1, 0.15) is 10.8 Å². The average Bonchev–Trinajstić information content (AvgIpc) is 3.57. The molecule has 39 heavy (non-hydrogen) atoms. The van der Waals surface area contributed by atoms with Crippen molar-refractivity contribution in [3.8, 4) is 27.7 Å². The van der Waals surface area contributed by atoms with Gasteiger partial charge >= 0.3 is 0 Å². The quantitative estimate of drug-likeness (QED) is 0.189. The van der Waals surface area contributed by atoms with Gasteiger partial charge in [0.25, 0.3) is 5.91 Å². The van der Waals surface area contributed by atoms with E-state index in [4.69, 9.17) is 9.72 Å². The SMILES string of the molecule is CCCCC(CC)CNC(=O)c1cc(-c2csc(-c3ccc(C)nc3)n2)n(CCc2ccc(OC)cc2)c1C. The van der Waals surface area contributed by atoms with Gasteiger partial charge in [-0.05, 0) is 68.5 Å². The Morgan fingerprint density at radius 2 is 1.92 bits per heavy atom. The van der Waals surface area contributed by atoms with E-state index in [2.05, 4.69) is 52.3 Å². The zero-order valence-corrected chi connectivity index (χ0v) is 24.6. The Kier molecular flexibility index (Phi) is 9.93. The summed E-state index contributed by atoms with van der Waals surface area (Å²) in [6, 6.07) is 14.2. The number of benzene rings is 1. The number of carbonyl (C=O) groups excluding carboxylic acids is 1. The lowest BCUT2D eigenvalue weighted by atomic mass is 9.99. The molecule has 1 atom stereocenters. The first-order chi connectivity index (χ1) is 18.9. The highest BCUT2D eigenvalue weighted by molar-refractivity contribution is 7.13. The molecule has 4 aromatic rings. The number of methoxy groups -OCH3 is 1. The van der Waals surface area contributed by atoms with Crippen LogP contribution in [-0.4, -0.2) is 34.1 Å². The van der Waals surface area contributed by atoms with E-state index in [1.807, 2.05) is 44.3 Å². The van der Waals surface area contributed by atoms with Crippen molar-refractivity contribution >= 4 is 17.2 Å². The number of nitrogens with zero attached hydrogens (tertiary/aromatic N) is 3. The van der Waals surface area contributed by atoms with Crippen molar-refractivity contribution in [3.63, 3.8) is 0 Å². The third-order valence-electron chi connectivity index (χ3n) is 7.41. The van der Waals surface area contributed by atoms with Crippen molar-refractivity contribution in [2.24, 2.45) is 5.92 Å². The zero-order chi connectivity index (χ0) is 27.8. The van der Waals surface area contributed by atoms with Crippen LogP contribution in [0.15, 0.2) is 54.0 Å². The molecule has 1 N–H and O–H groups in total. The van der Waals surface area contributed by atoms with Crippen LogP contribution in [0.3, 0.4) is 0 Å². The normalized spacial score (nSPS) is 11.9. The molecule has 0 saturated heterocycles. The maximum absolute atomic E-state index is 13.4. The summed E-state index contributed by atoms with van der Waals surface area (Å²) in [6.07, 6.45) is 7.30. The van der Waals surface area contributed by atoms with Gasteiger partial charge in [0.2, 0.25) is 0 Å². The first-order valence-corrected chi connectivity index (χ1v) is 14.8. The fourth-order valence-electron chi connectivity index (χ4n) is 4.80. The van der Waals surface area contributed by atoms with E-state index >= 15 is 0 Å². The van der Waals surface area contributed by atoms with E-state index < -0.39 is 0 Å². The summed E-state index contributed by atoms with van der Waals surface area (Å²) < 4.78 is 7.55. The first-order valence-electron chi connectivity index (χ1n) is 13.9. The molecule has 6 nitrogen and oxygen atoms in total. The Morgan fingerprint density at radius 1 is 1.13 bits per heavy atom. The predicted molar refractivity (Wildman–Crippen MR) is 161 cm³/mol. The van der Waals surface area contributed by atoms with Crippen LogP contribution in [0.25, 0.3) is 22.0 Å². The van der Waals surface area contributed by atoms with E-state index in [0.29, 0.717) is 12.5 Å². The first kappa shape index (κ1) is 28.6. The van der Waals surface area contributed by atoms with Crippen LogP contribution in [-0.2, 0) is 13.0 Å². The smallest absolute Gasteiger partial charge is 0.253 e. The van der Waals surface area contributed by atoms with Crippen LogP contribution in [0.1, 0.15) is 66.8 Å². The number of hydrogen-bond donors (Lipinski definition) is 1. The van der Waals surface area contributed by atoms with Gasteiger partial charge in [-0.1, -0.05) is 45.2 Å². The van der Waals surface area contributed by atoms with Gasteiger partial charge in [0, 0.05) is 41.6 Å². The molecule has 0 aliphatic carbocycles. The maximum atomic E-state index is 13.4. The molecule has 0 bridgehead atoms. The lowest BCUT2D eigenvalue weighted by Gasteiger charge is -2.15. The highest BCUT2D eigenvalue weighted by atomic mass is 32.1. The molecule has 0 radical (unpaired) electrons. The van der Waals surface area contributed by atoms with Crippen LogP contribution >= 0.6 is 11.3 Å². The van der Waals surface area contributed by atoms with Crippen LogP contribution < -0.4 is 10.1 Å². The molecular weight excluding hydrogens is 504 g/mol. The molecule has 1 aromatic carbocycles. The maximum Gasteiger partial charge on any atom is 0.253 e. The number of amides is 1. The minimum absolute atomic E-state index is 0.00918. The zero-order valence-electron chi connectivity index (χ0n) is 23.8. The summed E-state index contributed by atoms with van der Waals surface area (Å²) >= 11 is 1.60. The number of pyridine rings is 1. The van der Waals surface area contributed by atoms with E-state index in [9.17, 15) is 4.79 Å². The van der Waals surface area contributed by atoms with E-state index in [-0.39, 0.29) is 5.91 Å². The molecule has 3 aromatic heterocycles. The Hall–Kier alpha value is -3.45. The minimum Gasteiger partial charge on any atom is -0.497 e. The minimum atomic E-state index is -0.00918. The Bertz CT molecular complexity index is 1360. The second kappa shape index (κ2) is 13.6. The van der Waals surface area contributed by atoms with E-state index in [0.717, 1.165) is 70.5 Å². The summed E-state index contributed by atoms with van der Waals surface area (Å²) in [6.45, 7) is 9.89. The monoisotopic (exact) mass is 544 g/mol. The lowest BCUT2D eigenvalue weighted by molar-refractivity contribution is 0.0945. The van der Waals surface area contributed by atoms with Gasteiger partial charge in [-0.15, -0.1) is 11.3 Å². The topological polar surface area (TPSA) is 69.0 Å². The Labute approximate surface area is 236 Å². The molecule has 0 fully saturated rings. The number of rotatable bonds is 13.